The van der Waals surface area contributed by atoms with Gasteiger partial charge in [0.15, 0.2) is 6.10 Å². The first-order chi connectivity index (χ1) is 10.1. The van der Waals surface area contributed by atoms with E-state index in [1.54, 1.807) is 24.3 Å². The minimum Gasteiger partial charge on any atom is -0.467 e. The lowest BCUT2D eigenvalue weighted by atomic mass is 10.1. The first kappa shape index (κ1) is 16.7. The van der Waals surface area contributed by atoms with E-state index >= 15 is 0 Å². The molecular formula is C15H18N2O4. The van der Waals surface area contributed by atoms with Gasteiger partial charge in [0, 0.05) is 13.5 Å². The van der Waals surface area contributed by atoms with Crippen LogP contribution in [0.1, 0.15) is 24.5 Å². The van der Waals surface area contributed by atoms with Crippen molar-refractivity contribution in [1.82, 2.24) is 5.32 Å². The second-order valence-electron chi connectivity index (χ2n) is 4.31. The second-order valence-corrected chi connectivity index (χ2v) is 4.31. The third-order valence-electron chi connectivity index (χ3n) is 2.92. The number of nitriles is 1. The topological polar surface area (TPSA) is 88.4 Å². The SMILES string of the molecule is COC(=O)[C@@H](CCC#N)NC(=O)[C@@H](OC)c1ccccc1. The molecule has 1 aromatic rings. The summed E-state index contributed by atoms with van der Waals surface area (Å²) in [5.41, 5.74) is 0.682. The number of benzene rings is 1. The molecule has 6 nitrogen and oxygen atoms in total. The van der Waals surface area contributed by atoms with Crippen molar-refractivity contribution in [2.45, 2.75) is 25.0 Å². The summed E-state index contributed by atoms with van der Waals surface area (Å²) in [6.07, 6.45) is -0.483. The summed E-state index contributed by atoms with van der Waals surface area (Å²) >= 11 is 0. The number of esters is 1. The van der Waals surface area contributed by atoms with Gasteiger partial charge < -0.3 is 14.8 Å². The lowest BCUT2D eigenvalue weighted by Gasteiger charge is -2.20. The first-order valence-corrected chi connectivity index (χ1v) is 6.47. The zero-order valence-corrected chi connectivity index (χ0v) is 12.0. The monoisotopic (exact) mass is 290 g/mol. The lowest BCUT2D eigenvalue weighted by molar-refractivity contribution is -0.147. The maximum Gasteiger partial charge on any atom is 0.328 e. The van der Waals surface area contributed by atoms with E-state index in [-0.39, 0.29) is 12.8 Å². The molecule has 0 spiro atoms. The smallest absolute Gasteiger partial charge is 0.328 e. The molecule has 0 saturated heterocycles. The largest absolute Gasteiger partial charge is 0.467 e. The number of methoxy groups -OCH3 is 2. The Hall–Kier alpha value is -2.39. The number of amides is 1. The van der Waals surface area contributed by atoms with Crippen LogP contribution in [0.2, 0.25) is 0 Å². The van der Waals surface area contributed by atoms with E-state index < -0.39 is 24.0 Å². The minimum atomic E-state index is -0.858. The molecule has 21 heavy (non-hydrogen) atoms. The van der Waals surface area contributed by atoms with Crippen LogP contribution in [0.25, 0.3) is 0 Å². The van der Waals surface area contributed by atoms with E-state index in [9.17, 15) is 9.59 Å². The Labute approximate surface area is 123 Å². The third-order valence-corrected chi connectivity index (χ3v) is 2.92. The van der Waals surface area contributed by atoms with Crippen molar-refractivity contribution in [2.75, 3.05) is 14.2 Å². The molecule has 0 radical (unpaired) electrons. The van der Waals surface area contributed by atoms with Crippen LogP contribution in [0.5, 0.6) is 0 Å². The molecule has 0 heterocycles. The Morgan fingerprint density at radius 3 is 2.48 bits per heavy atom. The van der Waals surface area contributed by atoms with Crippen molar-refractivity contribution >= 4 is 11.9 Å². The van der Waals surface area contributed by atoms with Gasteiger partial charge in [0.2, 0.25) is 0 Å². The van der Waals surface area contributed by atoms with Crippen LogP contribution in [-0.4, -0.2) is 32.1 Å². The van der Waals surface area contributed by atoms with Gasteiger partial charge in [-0.05, 0) is 12.0 Å². The van der Waals surface area contributed by atoms with Gasteiger partial charge in [0.05, 0.1) is 13.2 Å². The Bertz CT molecular complexity index is 510. The van der Waals surface area contributed by atoms with Gasteiger partial charge in [0.1, 0.15) is 6.04 Å². The highest BCUT2D eigenvalue weighted by Crippen LogP contribution is 2.16. The van der Waals surface area contributed by atoms with Gasteiger partial charge in [-0.2, -0.15) is 5.26 Å². The van der Waals surface area contributed by atoms with Crippen LogP contribution in [0, 0.1) is 11.3 Å². The number of nitrogens with one attached hydrogen (secondary N) is 1. The molecule has 0 aliphatic carbocycles. The van der Waals surface area contributed by atoms with E-state index in [1.165, 1.54) is 14.2 Å². The molecule has 0 aliphatic heterocycles. The van der Waals surface area contributed by atoms with Crippen molar-refractivity contribution in [3.05, 3.63) is 35.9 Å². The molecule has 0 aromatic heterocycles. The highest BCUT2D eigenvalue weighted by molar-refractivity contribution is 5.87. The zero-order chi connectivity index (χ0) is 15.7. The molecule has 112 valence electrons. The summed E-state index contributed by atoms with van der Waals surface area (Å²) < 4.78 is 9.81. The standard InChI is InChI=1S/C15H18N2O4/c1-20-13(11-7-4-3-5-8-11)14(18)17-12(9-6-10-16)15(19)21-2/h3-5,7-8,12-13H,6,9H2,1-2H3,(H,17,18)/t12-,13+/m1/s1. The maximum absolute atomic E-state index is 12.2. The number of ether oxygens (including phenoxy) is 2. The number of carbonyl (C=O) groups excluding carboxylic acids is 2. The maximum atomic E-state index is 12.2. The van der Waals surface area contributed by atoms with E-state index in [1.807, 2.05) is 12.1 Å². The molecule has 0 saturated carbocycles. The fourth-order valence-electron chi connectivity index (χ4n) is 1.87. The van der Waals surface area contributed by atoms with Crippen molar-refractivity contribution in [3.8, 4) is 6.07 Å². The summed E-state index contributed by atoms with van der Waals surface area (Å²) in [6.45, 7) is 0. The highest BCUT2D eigenvalue weighted by Gasteiger charge is 2.26. The summed E-state index contributed by atoms with van der Waals surface area (Å²) in [7, 11) is 2.65. The van der Waals surface area contributed by atoms with Crippen LogP contribution >= 0.6 is 0 Å². The minimum absolute atomic E-state index is 0.142. The second kappa shape index (κ2) is 8.72. The fraction of sp³-hybridized carbons (Fsp3) is 0.400. The quantitative estimate of drug-likeness (QED) is 0.765. The van der Waals surface area contributed by atoms with Crippen molar-refractivity contribution in [1.29, 1.82) is 5.26 Å². The predicted molar refractivity (Wildman–Crippen MR) is 75.0 cm³/mol. The molecule has 0 unspecified atom stereocenters. The molecule has 0 aliphatic rings. The first-order valence-electron chi connectivity index (χ1n) is 6.47. The van der Waals surface area contributed by atoms with Gasteiger partial charge in [-0.25, -0.2) is 4.79 Å². The third kappa shape index (κ3) is 4.89. The Morgan fingerprint density at radius 2 is 1.95 bits per heavy atom. The van der Waals surface area contributed by atoms with E-state index in [0.717, 1.165) is 0 Å². The van der Waals surface area contributed by atoms with Gasteiger partial charge in [-0.1, -0.05) is 30.3 Å². The van der Waals surface area contributed by atoms with Crippen LogP contribution in [0.15, 0.2) is 30.3 Å². The lowest BCUT2D eigenvalue weighted by Crippen LogP contribution is -2.44. The Morgan fingerprint density at radius 1 is 1.29 bits per heavy atom. The summed E-state index contributed by atoms with van der Waals surface area (Å²) in [5.74, 6) is -1.03. The molecule has 1 amide bonds. The molecule has 0 bridgehead atoms. The van der Waals surface area contributed by atoms with Crippen LogP contribution in [0.4, 0.5) is 0 Å². The fourth-order valence-corrected chi connectivity index (χ4v) is 1.87. The molecular weight excluding hydrogens is 272 g/mol. The number of nitrogens with zero attached hydrogens (tertiary/aromatic N) is 1. The number of carbonyl (C=O) groups is 2. The normalized spacial score (nSPS) is 12.8. The van der Waals surface area contributed by atoms with E-state index in [2.05, 4.69) is 10.1 Å². The summed E-state index contributed by atoms with van der Waals surface area (Å²) in [6, 6.07) is 10.0. The summed E-state index contributed by atoms with van der Waals surface area (Å²) in [5, 5.41) is 11.2. The number of rotatable bonds is 7. The average molecular weight is 290 g/mol. The highest BCUT2D eigenvalue weighted by atomic mass is 16.5. The summed E-state index contributed by atoms with van der Waals surface area (Å²) in [4.78, 5) is 23.9. The van der Waals surface area contributed by atoms with Gasteiger partial charge in [-0.15, -0.1) is 0 Å². The van der Waals surface area contributed by atoms with Crippen molar-refractivity contribution in [2.24, 2.45) is 0 Å². The average Bonchev–Trinajstić information content (AvgIpc) is 2.52. The van der Waals surface area contributed by atoms with Crippen LogP contribution in [-0.2, 0) is 19.1 Å². The van der Waals surface area contributed by atoms with Crippen molar-refractivity contribution < 1.29 is 19.1 Å². The zero-order valence-electron chi connectivity index (χ0n) is 12.0. The van der Waals surface area contributed by atoms with Crippen molar-refractivity contribution in [3.63, 3.8) is 0 Å². The van der Waals surface area contributed by atoms with E-state index in [4.69, 9.17) is 10.00 Å². The van der Waals surface area contributed by atoms with Crippen LogP contribution in [0.3, 0.4) is 0 Å². The molecule has 0 fully saturated rings. The predicted octanol–water partition coefficient (Wildman–Crippen LogP) is 1.34. The molecule has 1 rings (SSSR count). The van der Waals surface area contributed by atoms with Gasteiger partial charge in [-0.3, -0.25) is 4.79 Å². The van der Waals surface area contributed by atoms with E-state index in [0.29, 0.717) is 5.56 Å². The molecule has 6 heteroatoms. The Kier molecular flexibility index (Phi) is 6.92. The Balaban J connectivity index is 2.79. The van der Waals surface area contributed by atoms with Crippen LogP contribution < -0.4 is 5.32 Å². The molecule has 1 N–H and O–H groups in total. The van der Waals surface area contributed by atoms with Gasteiger partial charge in [0.25, 0.3) is 5.91 Å². The number of hydrogen-bond donors (Lipinski definition) is 1. The molecule has 2 atom stereocenters. The molecule has 1 aromatic carbocycles. The number of hydrogen-bond acceptors (Lipinski definition) is 5. The van der Waals surface area contributed by atoms with Gasteiger partial charge >= 0.3 is 5.97 Å².